The van der Waals surface area contributed by atoms with Crippen molar-refractivity contribution >= 4 is 21.6 Å². The summed E-state index contributed by atoms with van der Waals surface area (Å²) in [5.74, 6) is 0.832. The maximum Gasteiger partial charge on any atom is 0.211 e. The van der Waals surface area contributed by atoms with E-state index >= 15 is 0 Å². The largest absolute Gasteiger partial charge is 0.215 e. The molecular weight excluding hydrogens is 222 g/mol. The van der Waals surface area contributed by atoms with Gasteiger partial charge in [-0.15, -0.1) is 11.6 Å². The summed E-state index contributed by atoms with van der Waals surface area (Å²) < 4.78 is 25.5. The second-order valence-electron chi connectivity index (χ2n) is 4.46. The SMILES string of the molecule is CC(C)CS(=O)(=O)NCC1CC(Cl)C1. The number of rotatable bonds is 5. The first-order chi connectivity index (χ1) is 6.39. The van der Waals surface area contributed by atoms with Gasteiger partial charge in [-0.3, -0.25) is 0 Å². The first-order valence-electron chi connectivity index (χ1n) is 5.00. The molecule has 1 saturated carbocycles. The molecule has 3 nitrogen and oxygen atoms in total. The standard InChI is InChI=1S/C9H18ClNO2S/c1-7(2)6-14(12,13)11-5-8-3-9(10)4-8/h7-9,11H,3-6H2,1-2H3. The fraction of sp³-hybridized carbons (Fsp3) is 1.00. The third kappa shape index (κ3) is 4.15. The number of hydrogen-bond donors (Lipinski definition) is 1. The Morgan fingerprint density at radius 1 is 1.43 bits per heavy atom. The van der Waals surface area contributed by atoms with E-state index in [0.29, 0.717) is 12.5 Å². The van der Waals surface area contributed by atoms with Crippen LogP contribution in [-0.2, 0) is 10.0 Å². The molecule has 14 heavy (non-hydrogen) atoms. The molecule has 1 aliphatic rings. The maximum atomic E-state index is 11.4. The Morgan fingerprint density at radius 3 is 2.43 bits per heavy atom. The van der Waals surface area contributed by atoms with Gasteiger partial charge in [-0.2, -0.15) is 0 Å². The van der Waals surface area contributed by atoms with Crippen molar-refractivity contribution in [3.8, 4) is 0 Å². The van der Waals surface area contributed by atoms with E-state index < -0.39 is 10.0 Å². The Morgan fingerprint density at radius 2 is 2.00 bits per heavy atom. The van der Waals surface area contributed by atoms with Crippen molar-refractivity contribution in [2.24, 2.45) is 11.8 Å². The smallest absolute Gasteiger partial charge is 0.211 e. The van der Waals surface area contributed by atoms with E-state index in [1.807, 2.05) is 13.8 Å². The molecule has 0 aliphatic heterocycles. The molecule has 1 rings (SSSR count). The Balaban J connectivity index is 2.23. The molecule has 0 amide bonds. The highest BCUT2D eigenvalue weighted by Crippen LogP contribution is 2.31. The van der Waals surface area contributed by atoms with Crippen molar-refractivity contribution in [1.29, 1.82) is 0 Å². The minimum absolute atomic E-state index is 0.176. The van der Waals surface area contributed by atoms with E-state index in [9.17, 15) is 8.42 Å². The zero-order chi connectivity index (χ0) is 10.8. The fourth-order valence-corrected chi connectivity index (χ4v) is 3.55. The third-order valence-electron chi connectivity index (χ3n) is 2.32. The van der Waals surface area contributed by atoms with Crippen LogP contribution in [0, 0.1) is 11.8 Å². The van der Waals surface area contributed by atoms with Crippen molar-refractivity contribution < 1.29 is 8.42 Å². The van der Waals surface area contributed by atoms with Crippen LogP contribution < -0.4 is 4.72 Å². The Kier molecular flexibility index (Phi) is 4.22. The number of hydrogen-bond acceptors (Lipinski definition) is 2. The molecule has 0 aromatic heterocycles. The average molecular weight is 240 g/mol. The lowest BCUT2D eigenvalue weighted by molar-refractivity contribution is 0.323. The summed E-state index contributed by atoms with van der Waals surface area (Å²) in [5, 5.41) is 0.259. The Labute approximate surface area is 91.3 Å². The molecule has 0 radical (unpaired) electrons. The minimum atomic E-state index is -3.06. The van der Waals surface area contributed by atoms with Crippen molar-refractivity contribution in [2.45, 2.75) is 32.1 Å². The number of sulfonamides is 1. The van der Waals surface area contributed by atoms with Crippen LogP contribution in [-0.4, -0.2) is 26.1 Å². The van der Waals surface area contributed by atoms with Crippen molar-refractivity contribution in [2.75, 3.05) is 12.3 Å². The number of halogens is 1. The van der Waals surface area contributed by atoms with Gasteiger partial charge in [-0.1, -0.05) is 13.8 Å². The van der Waals surface area contributed by atoms with Gasteiger partial charge in [0.2, 0.25) is 10.0 Å². The lowest BCUT2D eigenvalue weighted by atomic mass is 9.85. The molecular formula is C9H18ClNO2S. The molecule has 0 unspecified atom stereocenters. The highest BCUT2D eigenvalue weighted by Gasteiger charge is 2.28. The first kappa shape index (κ1) is 12.3. The van der Waals surface area contributed by atoms with Gasteiger partial charge in [0.25, 0.3) is 0 Å². The van der Waals surface area contributed by atoms with Crippen LogP contribution in [0.2, 0.25) is 0 Å². The molecule has 5 heteroatoms. The van der Waals surface area contributed by atoms with E-state index in [2.05, 4.69) is 4.72 Å². The van der Waals surface area contributed by atoms with Crippen LogP contribution in [0.1, 0.15) is 26.7 Å². The van der Waals surface area contributed by atoms with Crippen LogP contribution in [0.4, 0.5) is 0 Å². The Hall–Kier alpha value is 0.200. The zero-order valence-corrected chi connectivity index (χ0v) is 10.2. The summed E-state index contributed by atoms with van der Waals surface area (Å²) >= 11 is 5.80. The van der Waals surface area contributed by atoms with Gasteiger partial charge in [0.05, 0.1) is 5.75 Å². The monoisotopic (exact) mass is 239 g/mol. The van der Waals surface area contributed by atoms with Gasteiger partial charge in [-0.25, -0.2) is 13.1 Å². The molecule has 1 fully saturated rings. The van der Waals surface area contributed by atoms with Gasteiger partial charge in [0, 0.05) is 11.9 Å². The highest BCUT2D eigenvalue weighted by atomic mass is 35.5. The molecule has 1 N–H and O–H groups in total. The zero-order valence-electron chi connectivity index (χ0n) is 8.66. The second kappa shape index (κ2) is 4.81. The average Bonchev–Trinajstić information content (AvgIpc) is 1.93. The maximum absolute atomic E-state index is 11.4. The molecule has 0 aromatic rings. The quantitative estimate of drug-likeness (QED) is 0.741. The molecule has 0 bridgehead atoms. The minimum Gasteiger partial charge on any atom is -0.215 e. The summed E-state index contributed by atoms with van der Waals surface area (Å²) in [4.78, 5) is 0. The van der Waals surface area contributed by atoms with E-state index in [4.69, 9.17) is 11.6 Å². The highest BCUT2D eigenvalue weighted by molar-refractivity contribution is 7.89. The van der Waals surface area contributed by atoms with Crippen molar-refractivity contribution in [3.63, 3.8) is 0 Å². The van der Waals surface area contributed by atoms with Gasteiger partial charge in [0.15, 0.2) is 0 Å². The van der Waals surface area contributed by atoms with E-state index in [-0.39, 0.29) is 17.0 Å². The van der Waals surface area contributed by atoms with E-state index in [1.54, 1.807) is 0 Å². The predicted molar refractivity (Wildman–Crippen MR) is 59.0 cm³/mol. The van der Waals surface area contributed by atoms with E-state index in [1.165, 1.54) is 0 Å². The first-order valence-corrected chi connectivity index (χ1v) is 7.09. The Bertz CT molecular complexity index is 271. The summed E-state index contributed by atoms with van der Waals surface area (Å²) in [6, 6.07) is 0. The molecule has 0 spiro atoms. The lowest BCUT2D eigenvalue weighted by Crippen LogP contribution is -2.38. The predicted octanol–water partition coefficient (Wildman–Crippen LogP) is 1.58. The van der Waals surface area contributed by atoms with Gasteiger partial charge in [-0.05, 0) is 24.7 Å². The van der Waals surface area contributed by atoms with Crippen LogP contribution in [0.3, 0.4) is 0 Å². The van der Waals surface area contributed by atoms with E-state index in [0.717, 1.165) is 12.8 Å². The molecule has 0 aromatic carbocycles. The molecule has 0 saturated heterocycles. The van der Waals surface area contributed by atoms with Crippen LogP contribution in [0.15, 0.2) is 0 Å². The van der Waals surface area contributed by atoms with Gasteiger partial charge in [0.1, 0.15) is 0 Å². The van der Waals surface area contributed by atoms with Crippen LogP contribution >= 0.6 is 11.6 Å². The molecule has 84 valence electrons. The number of nitrogens with one attached hydrogen (secondary N) is 1. The lowest BCUT2D eigenvalue weighted by Gasteiger charge is -2.30. The van der Waals surface area contributed by atoms with Gasteiger partial charge < -0.3 is 0 Å². The normalized spacial score (nSPS) is 27.7. The summed E-state index contributed by atoms with van der Waals surface area (Å²) in [7, 11) is -3.06. The third-order valence-corrected chi connectivity index (χ3v) is 4.39. The molecule has 0 heterocycles. The van der Waals surface area contributed by atoms with Crippen molar-refractivity contribution in [1.82, 2.24) is 4.72 Å². The topological polar surface area (TPSA) is 46.2 Å². The molecule has 1 aliphatic carbocycles. The summed E-state index contributed by atoms with van der Waals surface area (Å²) in [5.41, 5.74) is 0. The summed E-state index contributed by atoms with van der Waals surface area (Å²) in [6.07, 6.45) is 1.87. The van der Waals surface area contributed by atoms with Crippen LogP contribution in [0.5, 0.6) is 0 Å². The van der Waals surface area contributed by atoms with Gasteiger partial charge >= 0.3 is 0 Å². The molecule has 0 atom stereocenters. The fourth-order valence-electron chi connectivity index (χ4n) is 1.56. The van der Waals surface area contributed by atoms with Crippen molar-refractivity contribution in [3.05, 3.63) is 0 Å². The second-order valence-corrected chi connectivity index (χ2v) is 6.93. The van der Waals surface area contributed by atoms with Crippen LogP contribution in [0.25, 0.3) is 0 Å². The summed E-state index contributed by atoms with van der Waals surface area (Å²) in [6.45, 7) is 4.35. The number of alkyl halides is 1.